The van der Waals surface area contributed by atoms with E-state index in [0.717, 1.165) is 18.9 Å². The highest BCUT2D eigenvalue weighted by Crippen LogP contribution is 2.46. The maximum Gasteiger partial charge on any atom is 0.261 e. The summed E-state index contributed by atoms with van der Waals surface area (Å²) in [5, 5.41) is 0. The Bertz CT molecular complexity index is 602. The Morgan fingerprint density at radius 3 is 2.58 bits per heavy atom. The Labute approximate surface area is 116 Å². The first-order valence-electron chi connectivity index (χ1n) is 6.34. The monoisotopic (exact) mass is 304 g/mol. The molecule has 2 saturated carbocycles. The van der Waals surface area contributed by atoms with Crippen molar-refractivity contribution in [3.63, 3.8) is 0 Å². The molecule has 3 unspecified atom stereocenters. The van der Waals surface area contributed by atoms with Gasteiger partial charge in [-0.05, 0) is 55.7 Å². The van der Waals surface area contributed by atoms with Gasteiger partial charge in [0, 0.05) is 10.7 Å². The van der Waals surface area contributed by atoms with Crippen LogP contribution in [0.5, 0.6) is 5.75 Å². The molecular weight excluding hydrogens is 291 g/mol. The van der Waals surface area contributed by atoms with E-state index < -0.39 is 14.9 Å². The summed E-state index contributed by atoms with van der Waals surface area (Å²) in [4.78, 5) is -0.244. The molecule has 0 spiro atoms. The minimum atomic E-state index is -3.90. The van der Waals surface area contributed by atoms with E-state index in [0.29, 0.717) is 11.8 Å². The van der Waals surface area contributed by atoms with E-state index in [1.54, 1.807) is 0 Å². The highest BCUT2D eigenvalue weighted by Gasteiger charge is 2.41. The third kappa shape index (κ3) is 2.58. The summed E-state index contributed by atoms with van der Waals surface area (Å²) in [6.07, 6.45) is 4.59. The Morgan fingerprint density at radius 1 is 1.26 bits per heavy atom. The quantitative estimate of drug-likeness (QED) is 0.805. The van der Waals surface area contributed by atoms with Crippen molar-refractivity contribution in [2.75, 3.05) is 0 Å². The molecule has 3 rings (SSSR count). The summed E-state index contributed by atoms with van der Waals surface area (Å²) in [5.41, 5.74) is 0. The van der Waals surface area contributed by atoms with E-state index in [4.69, 9.17) is 15.4 Å². The van der Waals surface area contributed by atoms with Crippen LogP contribution in [-0.2, 0) is 9.05 Å². The number of fused-ring (bicyclic) bond motifs is 2. The van der Waals surface area contributed by atoms with E-state index in [1.165, 1.54) is 25.0 Å². The molecule has 0 amide bonds. The maximum atomic E-state index is 13.8. The molecule has 1 aromatic carbocycles. The lowest BCUT2D eigenvalue weighted by molar-refractivity contribution is 0.132. The molecule has 3 nitrogen and oxygen atoms in total. The van der Waals surface area contributed by atoms with Gasteiger partial charge >= 0.3 is 0 Å². The van der Waals surface area contributed by atoms with Crippen LogP contribution >= 0.6 is 10.7 Å². The Morgan fingerprint density at radius 2 is 2.05 bits per heavy atom. The molecular formula is C13H14ClFO3S. The predicted molar refractivity (Wildman–Crippen MR) is 69.3 cm³/mol. The van der Waals surface area contributed by atoms with Crippen molar-refractivity contribution in [2.45, 2.75) is 36.7 Å². The van der Waals surface area contributed by atoms with Crippen LogP contribution in [0.25, 0.3) is 0 Å². The van der Waals surface area contributed by atoms with Crippen LogP contribution in [0.1, 0.15) is 25.7 Å². The number of benzene rings is 1. The predicted octanol–water partition coefficient (Wildman–Crippen LogP) is 3.32. The number of halogens is 2. The minimum absolute atomic E-state index is 0.0618. The summed E-state index contributed by atoms with van der Waals surface area (Å²) < 4.78 is 41.7. The molecule has 3 atom stereocenters. The smallest absolute Gasteiger partial charge is 0.261 e. The van der Waals surface area contributed by atoms with Gasteiger partial charge in [-0.2, -0.15) is 0 Å². The second-order valence-corrected chi connectivity index (χ2v) is 7.93. The van der Waals surface area contributed by atoms with Gasteiger partial charge in [0.2, 0.25) is 0 Å². The fraction of sp³-hybridized carbons (Fsp3) is 0.538. The van der Waals surface area contributed by atoms with Gasteiger partial charge < -0.3 is 4.74 Å². The van der Waals surface area contributed by atoms with Crippen LogP contribution in [0.3, 0.4) is 0 Å². The molecule has 19 heavy (non-hydrogen) atoms. The summed E-state index contributed by atoms with van der Waals surface area (Å²) >= 11 is 0. The number of ether oxygens (including phenoxy) is 1. The van der Waals surface area contributed by atoms with Crippen molar-refractivity contribution in [2.24, 2.45) is 11.8 Å². The highest BCUT2D eigenvalue weighted by atomic mass is 35.7. The molecule has 2 bridgehead atoms. The van der Waals surface area contributed by atoms with Gasteiger partial charge in [0.1, 0.15) is 6.10 Å². The minimum Gasteiger partial charge on any atom is -0.487 e. The molecule has 0 N–H and O–H groups in total. The Kier molecular flexibility index (Phi) is 3.21. The van der Waals surface area contributed by atoms with Gasteiger partial charge in [0.25, 0.3) is 9.05 Å². The van der Waals surface area contributed by atoms with E-state index in [1.807, 2.05) is 0 Å². The normalized spacial score (nSPS) is 29.7. The van der Waals surface area contributed by atoms with Crippen LogP contribution in [0, 0.1) is 17.7 Å². The fourth-order valence-corrected chi connectivity index (χ4v) is 3.99. The molecule has 0 aromatic heterocycles. The summed E-state index contributed by atoms with van der Waals surface area (Å²) in [5.74, 6) is 0.660. The molecule has 2 fully saturated rings. The highest BCUT2D eigenvalue weighted by molar-refractivity contribution is 8.13. The molecule has 1 aromatic rings. The molecule has 2 aliphatic carbocycles. The molecule has 0 saturated heterocycles. The fourth-order valence-electron chi connectivity index (χ4n) is 3.22. The average molecular weight is 305 g/mol. The van der Waals surface area contributed by atoms with Crippen molar-refractivity contribution in [1.29, 1.82) is 0 Å². The molecule has 0 aliphatic heterocycles. The van der Waals surface area contributed by atoms with E-state index in [9.17, 15) is 12.8 Å². The van der Waals surface area contributed by atoms with E-state index in [-0.39, 0.29) is 16.7 Å². The maximum absolute atomic E-state index is 13.8. The second-order valence-electron chi connectivity index (χ2n) is 5.36. The lowest BCUT2D eigenvalue weighted by Crippen LogP contribution is -2.23. The molecule has 6 heteroatoms. The van der Waals surface area contributed by atoms with Gasteiger partial charge in [-0.1, -0.05) is 0 Å². The number of hydrogen-bond acceptors (Lipinski definition) is 3. The summed E-state index contributed by atoms with van der Waals surface area (Å²) in [7, 11) is 1.27. The van der Waals surface area contributed by atoms with Crippen molar-refractivity contribution in [3.05, 3.63) is 24.0 Å². The van der Waals surface area contributed by atoms with Crippen LogP contribution in [0.2, 0.25) is 0 Å². The van der Waals surface area contributed by atoms with Gasteiger partial charge in [0.05, 0.1) is 4.90 Å². The van der Waals surface area contributed by atoms with Crippen molar-refractivity contribution < 1.29 is 17.5 Å². The van der Waals surface area contributed by atoms with Crippen molar-refractivity contribution in [1.82, 2.24) is 0 Å². The first-order valence-corrected chi connectivity index (χ1v) is 8.65. The van der Waals surface area contributed by atoms with E-state index >= 15 is 0 Å². The molecule has 2 aliphatic rings. The van der Waals surface area contributed by atoms with Crippen molar-refractivity contribution in [3.8, 4) is 5.75 Å². The van der Waals surface area contributed by atoms with Crippen molar-refractivity contribution >= 4 is 19.7 Å². The number of hydrogen-bond donors (Lipinski definition) is 0. The van der Waals surface area contributed by atoms with Gasteiger partial charge in [-0.25, -0.2) is 12.8 Å². The zero-order chi connectivity index (χ0) is 13.6. The number of rotatable bonds is 3. The lowest BCUT2D eigenvalue weighted by atomic mass is 9.98. The van der Waals surface area contributed by atoms with Gasteiger partial charge in [-0.15, -0.1) is 0 Å². The first kappa shape index (κ1) is 13.2. The Balaban J connectivity index is 1.79. The molecule has 104 valence electrons. The summed E-state index contributed by atoms with van der Waals surface area (Å²) in [6, 6.07) is 3.52. The molecule has 0 heterocycles. The first-order chi connectivity index (χ1) is 8.93. The molecule has 0 radical (unpaired) electrons. The third-order valence-electron chi connectivity index (χ3n) is 4.14. The van der Waals surface area contributed by atoms with Gasteiger partial charge in [0.15, 0.2) is 11.6 Å². The third-order valence-corrected chi connectivity index (χ3v) is 5.49. The topological polar surface area (TPSA) is 43.4 Å². The standard InChI is InChI=1S/C13H14ClFO3S/c14-19(16,17)10-3-4-12(11(15)7-10)18-13-6-8-1-2-9(13)5-8/h3-4,7-9,13H,1-2,5-6H2. The zero-order valence-electron chi connectivity index (χ0n) is 10.2. The van der Waals surface area contributed by atoms with E-state index in [2.05, 4.69) is 0 Å². The SMILES string of the molecule is O=S(=O)(Cl)c1ccc(OC2CC3CCC2C3)c(F)c1. The van der Waals surface area contributed by atoms with Crippen LogP contribution in [0.4, 0.5) is 4.39 Å². The summed E-state index contributed by atoms with van der Waals surface area (Å²) in [6.45, 7) is 0. The van der Waals surface area contributed by atoms with Crippen LogP contribution in [-0.4, -0.2) is 14.5 Å². The lowest BCUT2D eigenvalue weighted by Gasteiger charge is -2.23. The Hall–Kier alpha value is -0.810. The zero-order valence-corrected chi connectivity index (χ0v) is 11.8. The average Bonchev–Trinajstić information content (AvgIpc) is 2.92. The largest absolute Gasteiger partial charge is 0.487 e. The van der Waals surface area contributed by atoms with Crippen LogP contribution in [0.15, 0.2) is 23.1 Å². The second kappa shape index (κ2) is 4.63. The van der Waals surface area contributed by atoms with Gasteiger partial charge in [-0.3, -0.25) is 0 Å². The van der Waals surface area contributed by atoms with Crippen LogP contribution < -0.4 is 4.74 Å².